The van der Waals surface area contributed by atoms with E-state index in [4.69, 9.17) is 16.3 Å². The van der Waals surface area contributed by atoms with E-state index < -0.39 is 10.0 Å². The normalized spacial score (nSPS) is 15.3. The molecule has 1 saturated heterocycles. The summed E-state index contributed by atoms with van der Waals surface area (Å²) in [6.45, 7) is 1.54. The maximum Gasteiger partial charge on any atom is 0.244 e. The number of likely N-dealkylation sites (tertiary alicyclic amines) is 1. The first-order chi connectivity index (χ1) is 10.8. The van der Waals surface area contributed by atoms with Crippen LogP contribution in [0.2, 0.25) is 5.02 Å². The van der Waals surface area contributed by atoms with Gasteiger partial charge in [0.2, 0.25) is 15.9 Å². The van der Waals surface area contributed by atoms with Crippen LogP contribution in [-0.4, -0.2) is 46.0 Å². The molecule has 0 aliphatic carbocycles. The van der Waals surface area contributed by atoms with E-state index in [1.165, 1.54) is 13.2 Å². The summed E-state index contributed by atoms with van der Waals surface area (Å²) in [4.78, 5) is 13.2. The average Bonchev–Trinajstić information content (AvgIpc) is 2.88. The number of hydrogen-bond donors (Lipinski definition) is 1. The lowest BCUT2D eigenvalue weighted by molar-refractivity contribution is -0.127. The Morgan fingerprint density at radius 1 is 1.43 bits per heavy atom. The molecule has 1 aromatic rings. The molecule has 0 radical (unpaired) electrons. The van der Waals surface area contributed by atoms with Gasteiger partial charge in [0.15, 0.2) is 5.75 Å². The van der Waals surface area contributed by atoms with Gasteiger partial charge < -0.3 is 9.64 Å². The van der Waals surface area contributed by atoms with E-state index in [9.17, 15) is 13.2 Å². The Labute approximate surface area is 149 Å². The van der Waals surface area contributed by atoms with Gasteiger partial charge in [-0.05, 0) is 40.9 Å². The molecule has 23 heavy (non-hydrogen) atoms. The number of methoxy groups -OCH3 is 1. The first kappa shape index (κ1) is 18.5. The first-order valence-corrected chi connectivity index (χ1v) is 9.81. The van der Waals surface area contributed by atoms with Crippen LogP contribution in [-0.2, 0) is 14.8 Å². The summed E-state index contributed by atoms with van der Waals surface area (Å²) in [6.07, 6.45) is 2.01. The molecule has 0 atom stereocenters. The zero-order valence-electron chi connectivity index (χ0n) is 12.6. The lowest BCUT2D eigenvalue weighted by Crippen LogP contribution is -2.30. The third kappa shape index (κ3) is 4.59. The number of amides is 1. The van der Waals surface area contributed by atoms with Gasteiger partial charge in [0, 0.05) is 31.1 Å². The molecule has 1 fully saturated rings. The highest BCUT2D eigenvalue weighted by molar-refractivity contribution is 9.10. The van der Waals surface area contributed by atoms with Crippen LogP contribution in [0.25, 0.3) is 0 Å². The second kappa shape index (κ2) is 7.83. The second-order valence-electron chi connectivity index (χ2n) is 5.15. The van der Waals surface area contributed by atoms with Gasteiger partial charge >= 0.3 is 0 Å². The molecule has 0 spiro atoms. The zero-order chi connectivity index (χ0) is 17.0. The molecule has 1 aliphatic rings. The molecule has 0 bridgehead atoms. The van der Waals surface area contributed by atoms with E-state index in [0.717, 1.165) is 13.0 Å². The van der Waals surface area contributed by atoms with Gasteiger partial charge in [-0.25, -0.2) is 13.1 Å². The third-order valence-electron chi connectivity index (χ3n) is 3.54. The number of carbonyl (C=O) groups excluding carboxylic acids is 1. The summed E-state index contributed by atoms with van der Waals surface area (Å²) in [5.74, 6) is 0.338. The van der Waals surface area contributed by atoms with Crippen LogP contribution in [0, 0.1) is 0 Å². The minimum Gasteiger partial charge on any atom is -0.494 e. The van der Waals surface area contributed by atoms with Crippen LogP contribution in [0.15, 0.2) is 21.5 Å². The van der Waals surface area contributed by atoms with Crippen molar-refractivity contribution in [3.8, 4) is 5.75 Å². The van der Waals surface area contributed by atoms with Crippen molar-refractivity contribution in [3.05, 3.63) is 21.6 Å². The van der Waals surface area contributed by atoms with Gasteiger partial charge in [-0.3, -0.25) is 4.79 Å². The summed E-state index contributed by atoms with van der Waals surface area (Å²) in [5, 5.41) is 0.292. The van der Waals surface area contributed by atoms with E-state index in [-0.39, 0.29) is 23.1 Å². The Bertz CT molecular complexity index is 696. The minimum atomic E-state index is -3.75. The van der Waals surface area contributed by atoms with Gasteiger partial charge in [-0.1, -0.05) is 11.6 Å². The number of sulfonamides is 1. The number of benzene rings is 1. The Morgan fingerprint density at radius 2 is 2.17 bits per heavy atom. The maximum atomic E-state index is 12.4. The van der Waals surface area contributed by atoms with Gasteiger partial charge in [0.05, 0.1) is 11.6 Å². The maximum absolute atomic E-state index is 12.4. The molecule has 1 heterocycles. The third-order valence-corrected chi connectivity index (χ3v) is 5.81. The second-order valence-corrected chi connectivity index (χ2v) is 8.18. The smallest absolute Gasteiger partial charge is 0.244 e. The molecule has 1 amide bonds. The first-order valence-electron chi connectivity index (χ1n) is 7.15. The Hall–Kier alpha value is -0.830. The topological polar surface area (TPSA) is 75.7 Å². The van der Waals surface area contributed by atoms with Crippen molar-refractivity contribution in [2.24, 2.45) is 0 Å². The molecule has 0 aromatic heterocycles. The molecule has 0 unspecified atom stereocenters. The van der Waals surface area contributed by atoms with Crippen LogP contribution < -0.4 is 9.46 Å². The van der Waals surface area contributed by atoms with Crippen molar-refractivity contribution in [1.29, 1.82) is 0 Å². The predicted octanol–water partition coefficient (Wildman–Crippen LogP) is 2.40. The number of ether oxygens (including phenoxy) is 1. The van der Waals surface area contributed by atoms with Gasteiger partial charge in [0.1, 0.15) is 4.90 Å². The molecular weight excluding hydrogens is 408 g/mol. The SMILES string of the molecule is COc1c(Br)cc(Cl)cc1S(=O)(=O)NCCCN1CCCC1=O. The monoisotopic (exact) mass is 424 g/mol. The molecule has 2 rings (SSSR count). The molecule has 128 valence electrons. The summed E-state index contributed by atoms with van der Waals surface area (Å²) in [7, 11) is -2.36. The van der Waals surface area contributed by atoms with E-state index in [0.29, 0.717) is 28.9 Å². The summed E-state index contributed by atoms with van der Waals surface area (Å²) < 4.78 is 33.0. The largest absolute Gasteiger partial charge is 0.494 e. The van der Waals surface area contributed by atoms with Crippen LogP contribution in [0.5, 0.6) is 5.75 Å². The van der Waals surface area contributed by atoms with Crippen LogP contribution in [0.4, 0.5) is 0 Å². The lowest BCUT2D eigenvalue weighted by Gasteiger charge is -2.16. The van der Waals surface area contributed by atoms with Crippen molar-refractivity contribution in [2.45, 2.75) is 24.2 Å². The van der Waals surface area contributed by atoms with E-state index in [1.807, 2.05) is 0 Å². The predicted molar refractivity (Wildman–Crippen MR) is 91.3 cm³/mol. The number of hydrogen-bond acceptors (Lipinski definition) is 4. The summed E-state index contributed by atoms with van der Waals surface area (Å²) in [6, 6.07) is 2.91. The molecule has 1 aliphatic heterocycles. The molecule has 1 N–H and O–H groups in total. The quantitative estimate of drug-likeness (QED) is 0.681. The fourth-order valence-electron chi connectivity index (χ4n) is 2.43. The fraction of sp³-hybridized carbons (Fsp3) is 0.500. The van der Waals surface area contributed by atoms with Crippen LogP contribution in [0.1, 0.15) is 19.3 Å². The fourth-order valence-corrected chi connectivity index (χ4v) is 4.89. The number of nitrogens with one attached hydrogen (secondary N) is 1. The Morgan fingerprint density at radius 3 is 2.78 bits per heavy atom. The van der Waals surface area contributed by atoms with E-state index >= 15 is 0 Å². The zero-order valence-corrected chi connectivity index (χ0v) is 15.8. The number of carbonyl (C=O) groups is 1. The van der Waals surface area contributed by atoms with E-state index in [1.54, 1.807) is 11.0 Å². The molecule has 1 aromatic carbocycles. The summed E-state index contributed by atoms with van der Waals surface area (Å²) in [5.41, 5.74) is 0. The molecule has 9 heteroatoms. The highest BCUT2D eigenvalue weighted by atomic mass is 79.9. The Balaban J connectivity index is 2.00. The van der Waals surface area contributed by atoms with Crippen molar-refractivity contribution < 1.29 is 17.9 Å². The van der Waals surface area contributed by atoms with Gasteiger partial charge in [-0.15, -0.1) is 0 Å². The Kier molecular flexibility index (Phi) is 6.30. The standard InChI is InChI=1S/C14H18BrClN2O4S/c1-22-14-11(15)8-10(16)9-12(14)23(20,21)17-5-3-7-18-6-2-4-13(18)19/h8-9,17H,2-7H2,1H3. The minimum absolute atomic E-state index is 0.0170. The van der Waals surface area contributed by atoms with Crippen molar-refractivity contribution >= 4 is 43.5 Å². The molecular formula is C14H18BrClN2O4S. The van der Waals surface area contributed by atoms with Crippen LogP contribution in [0.3, 0.4) is 0 Å². The number of nitrogens with zero attached hydrogens (tertiary/aromatic N) is 1. The lowest BCUT2D eigenvalue weighted by atomic mass is 10.3. The highest BCUT2D eigenvalue weighted by Crippen LogP contribution is 2.35. The van der Waals surface area contributed by atoms with Crippen molar-refractivity contribution in [2.75, 3.05) is 26.7 Å². The van der Waals surface area contributed by atoms with Gasteiger partial charge in [-0.2, -0.15) is 0 Å². The highest BCUT2D eigenvalue weighted by Gasteiger charge is 2.23. The van der Waals surface area contributed by atoms with Crippen molar-refractivity contribution in [1.82, 2.24) is 9.62 Å². The number of rotatable bonds is 7. The van der Waals surface area contributed by atoms with E-state index in [2.05, 4.69) is 20.7 Å². The summed E-state index contributed by atoms with van der Waals surface area (Å²) >= 11 is 9.16. The van der Waals surface area contributed by atoms with Crippen LogP contribution >= 0.6 is 27.5 Å². The van der Waals surface area contributed by atoms with Gasteiger partial charge in [0.25, 0.3) is 0 Å². The average molecular weight is 426 g/mol. The number of halogens is 2. The molecule has 6 nitrogen and oxygen atoms in total. The van der Waals surface area contributed by atoms with Crippen molar-refractivity contribution in [3.63, 3.8) is 0 Å². The molecule has 0 saturated carbocycles.